The van der Waals surface area contributed by atoms with E-state index < -0.39 is 0 Å². The number of aliphatic imine (C=N–C) groups is 1. The largest absolute Gasteiger partial charge is 0.493 e. The first-order valence-corrected chi connectivity index (χ1v) is 10.4. The van der Waals surface area contributed by atoms with Crippen LogP contribution in [0.4, 0.5) is 17.1 Å². The minimum absolute atomic E-state index is 0.0549. The molecule has 1 aliphatic heterocycles. The number of rotatable bonds is 5. The number of fused-ring (bicyclic) bond motifs is 2. The molecule has 1 aliphatic carbocycles. The van der Waals surface area contributed by atoms with Gasteiger partial charge in [-0.3, -0.25) is 14.6 Å². The second-order valence-electron chi connectivity index (χ2n) is 8.02. The molecule has 0 aromatic heterocycles. The summed E-state index contributed by atoms with van der Waals surface area (Å²) in [4.78, 5) is 32.7. The van der Waals surface area contributed by atoms with Crippen molar-refractivity contribution < 1.29 is 19.1 Å². The molecule has 2 amide bonds. The maximum Gasteiger partial charge on any atom is 0.244 e. The molecule has 31 heavy (non-hydrogen) atoms. The highest BCUT2D eigenvalue weighted by Gasteiger charge is 2.37. The van der Waals surface area contributed by atoms with Gasteiger partial charge in [0.25, 0.3) is 0 Å². The minimum atomic E-state index is -0.286. The van der Waals surface area contributed by atoms with Gasteiger partial charge in [0.2, 0.25) is 11.8 Å². The van der Waals surface area contributed by atoms with Crippen LogP contribution in [-0.4, -0.2) is 38.3 Å². The molecule has 2 aromatic carbocycles. The Kier molecular flexibility index (Phi) is 5.67. The molecule has 1 saturated carbocycles. The quantitative estimate of drug-likeness (QED) is 0.785. The molecule has 4 rings (SSSR count). The van der Waals surface area contributed by atoms with Gasteiger partial charge in [-0.2, -0.15) is 0 Å². The van der Waals surface area contributed by atoms with E-state index in [2.05, 4.69) is 5.32 Å². The average Bonchev–Trinajstić information content (AvgIpc) is 3.18. The lowest BCUT2D eigenvalue weighted by Crippen LogP contribution is -2.42. The fourth-order valence-corrected chi connectivity index (χ4v) is 4.20. The molecular weight excluding hydrogens is 394 g/mol. The molecule has 7 heteroatoms. The first-order chi connectivity index (χ1) is 14.9. The SMILES string of the molecule is COc1ccc(NC(=O)CN2C(=O)C3CCCC3=Nc3cc(C)c(C)cc32)cc1OC. The molecule has 1 fully saturated rings. The Hall–Kier alpha value is -3.35. The van der Waals surface area contributed by atoms with Crippen LogP contribution in [0, 0.1) is 19.8 Å². The van der Waals surface area contributed by atoms with Crippen LogP contribution in [0.5, 0.6) is 11.5 Å². The van der Waals surface area contributed by atoms with Crippen molar-refractivity contribution in [1.29, 1.82) is 0 Å². The Labute approximate surface area is 182 Å². The summed E-state index contributed by atoms with van der Waals surface area (Å²) in [6.07, 6.45) is 2.55. The molecule has 2 aliphatic rings. The number of methoxy groups -OCH3 is 2. The lowest BCUT2D eigenvalue weighted by atomic mass is 10.0. The lowest BCUT2D eigenvalue weighted by molar-refractivity contribution is -0.122. The van der Waals surface area contributed by atoms with E-state index in [0.29, 0.717) is 22.9 Å². The predicted octanol–water partition coefficient (Wildman–Crippen LogP) is 4.18. The number of nitrogens with one attached hydrogen (secondary N) is 1. The van der Waals surface area contributed by atoms with E-state index in [1.165, 1.54) is 0 Å². The van der Waals surface area contributed by atoms with Gasteiger partial charge < -0.3 is 19.7 Å². The topological polar surface area (TPSA) is 80.2 Å². The molecule has 1 N–H and O–H groups in total. The van der Waals surface area contributed by atoms with Gasteiger partial charge in [-0.25, -0.2) is 0 Å². The highest BCUT2D eigenvalue weighted by Crippen LogP contribution is 2.39. The normalized spacial score (nSPS) is 17.4. The molecule has 0 saturated heterocycles. The summed E-state index contributed by atoms with van der Waals surface area (Å²) >= 11 is 0. The first kappa shape index (κ1) is 20.9. The molecule has 0 radical (unpaired) electrons. The number of hydrogen-bond acceptors (Lipinski definition) is 5. The van der Waals surface area contributed by atoms with Crippen molar-refractivity contribution in [2.24, 2.45) is 10.9 Å². The minimum Gasteiger partial charge on any atom is -0.493 e. The summed E-state index contributed by atoms with van der Waals surface area (Å²) in [6.45, 7) is 3.95. The van der Waals surface area contributed by atoms with E-state index in [4.69, 9.17) is 14.5 Å². The van der Waals surface area contributed by atoms with E-state index in [0.717, 1.165) is 41.8 Å². The molecule has 1 unspecified atom stereocenters. The number of amides is 2. The summed E-state index contributed by atoms with van der Waals surface area (Å²) in [5.41, 5.74) is 5.12. The Balaban J connectivity index is 1.62. The van der Waals surface area contributed by atoms with Crippen LogP contribution in [0.15, 0.2) is 35.3 Å². The Morgan fingerprint density at radius 2 is 1.87 bits per heavy atom. The van der Waals surface area contributed by atoms with Crippen molar-refractivity contribution in [1.82, 2.24) is 0 Å². The third kappa shape index (κ3) is 4.00. The third-order valence-electron chi connectivity index (χ3n) is 6.01. The summed E-state index contributed by atoms with van der Waals surface area (Å²) in [5.74, 6) is 0.509. The number of anilines is 2. The number of ether oxygens (including phenoxy) is 2. The van der Waals surface area contributed by atoms with Crippen LogP contribution < -0.4 is 19.7 Å². The van der Waals surface area contributed by atoms with E-state index in [9.17, 15) is 9.59 Å². The number of benzene rings is 2. The van der Waals surface area contributed by atoms with Crippen molar-refractivity contribution >= 4 is 34.6 Å². The fraction of sp³-hybridized carbons (Fsp3) is 0.375. The van der Waals surface area contributed by atoms with Gasteiger partial charge >= 0.3 is 0 Å². The molecule has 162 valence electrons. The Morgan fingerprint density at radius 3 is 2.61 bits per heavy atom. The number of carbonyl (C=O) groups is 2. The van der Waals surface area contributed by atoms with Gasteiger partial charge in [-0.1, -0.05) is 0 Å². The van der Waals surface area contributed by atoms with Crippen LogP contribution in [0.2, 0.25) is 0 Å². The maximum atomic E-state index is 13.4. The summed E-state index contributed by atoms with van der Waals surface area (Å²) in [7, 11) is 3.10. The van der Waals surface area contributed by atoms with Gasteiger partial charge in [0, 0.05) is 17.5 Å². The maximum absolute atomic E-state index is 13.4. The molecule has 1 heterocycles. The molecule has 0 bridgehead atoms. The van der Waals surface area contributed by atoms with Gasteiger partial charge in [0.05, 0.1) is 31.5 Å². The van der Waals surface area contributed by atoms with Crippen LogP contribution in [0.3, 0.4) is 0 Å². The summed E-state index contributed by atoms with van der Waals surface area (Å²) < 4.78 is 10.5. The second kappa shape index (κ2) is 8.41. The monoisotopic (exact) mass is 421 g/mol. The van der Waals surface area contributed by atoms with Crippen molar-refractivity contribution in [3.05, 3.63) is 41.5 Å². The van der Waals surface area contributed by atoms with E-state index in [1.54, 1.807) is 37.3 Å². The second-order valence-corrected chi connectivity index (χ2v) is 8.02. The van der Waals surface area contributed by atoms with Crippen molar-refractivity contribution in [2.75, 3.05) is 31.0 Å². The van der Waals surface area contributed by atoms with Gasteiger partial charge in [0.15, 0.2) is 11.5 Å². The Bertz CT molecular complexity index is 1080. The number of aryl methyl sites for hydroxylation is 2. The van der Waals surface area contributed by atoms with Crippen LogP contribution in [-0.2, 0) is 9.59 Å². The highest BCUT2D eigenvalue weighted by molar-refractivity contribution is 6.17. The smallest absolute Gasteiger partial charge is 0.244 e. The number of hydrogen-bond donors (Lipinski definition) is 1. The van der Waals surface area contributed by atoms with Gasteiger partial charge in [-0.15, -0.1) is 0 Å². The van der Waals surface area contributed by atoms with Crippen molar-refractivity contribution in [3.8, 4) is 11.5 Å². The van der Waals surface area contributed by atoms with Crippen LogP contribution in [0.25, 0.3) is 0 Å². The standard InChI is InChI=1S/C24H27N3O4/c1-14-10-19-20(11-15(14)2)27(24(29)17-6-5-7-18(17)26-19)13-23(28)25-16-8-9-21(30-3)22(12-16)31-4/h8-12,17H,5-7,13H2,1-4H3,(H,25,28). The number of carbonyl (C=O) groups excluding carboxylic acids is 2. The van der Waals surface area contributed by atoms with Crippen molar-refractivity contribution in [2.45, 2.75) is 33.1 Å². The average molecular weight is 421 g/mol. The van der Waals surface area contributed by atoms with E-state index in [-0.39, 0.29) is 24.3 Å². The summed E-state index contributed by atoms with van der Waals surface area (Å²) in [5, 5.41) is 2.87. The molecule has 7 nitrogen and oxygen atoms in total. The van der Waals surface area contributed by atoms with E-state index >= 15 is 0 Å². The number of nitrogens with zero attached hydrogens (tertiary/aromatic N) is 2. The lowest BCUT2D eigenvalue weighted by Gasteiger charge is -2.25. The Morgan fingerprint density at radius 1 is 1.13 bits per heavy atom. The first-order valence-electron chi connectivity index (χ1n) is 10.4. The molecular formula is C24H27N3O4. The van der Waals surface area contributed by atoms with Gasteiger partial charge in [0.1, 0.15) is 6.54 Å². The molecule has 1 atom stereocenters. The van der Waals surface area contributed by atoms with Crippen molar-refractivity contribution in [3.63, 3.8) is 0 Å². The van der Waals surface area contributed by atoms with Crippen LogP contribution >= 0.6 is 0 Å². The molecule has 2 aromatic rings. The predicted molar refractivity (Wildman–Crippen MR) is 121 cm³/mol. The van der Waals surface area contributed by atoms with Gasteiger partial charge in [-0.05, 0) is 68.5 Å². The zero-order valence-corrected chi connectivity index (χ0v) is 18.3. The third-order valence-corrected chi connectivity index (χ3v) is 6.01. The zero-order chi connectivity index (χ0) is 22.1. The summed E-state index contributed by atoms with van der Waals surface area (Å²) in [6, 6.07) is 9.12. The van der Waals surface area contributed by atoms with E-state index in [1.807, 2.05) is 26.0 Å². The van der Waals surface area contributed by atoms with Crippen LogP contribution in [0.1, 0.15) is 30.4 Å². The zero-order valence-electron chi connectivity index (χ0n) is 18.3. The highest BCUT2D eigenvalue weighted by atomic mass is 16.5. The fourth-order valence-electron chi connectivity index (χ4n) is 4.20. The molecule has 0 spiro atoms.